The molecule has 0 saturated heterocycles. The molecule has 0 aliphatic rings. The summed E-state index contributed by atoms with van der Waals surface area (Å²) in [5, 5.41) is 14.0. The van der Waals surface area contributed by atoms with Gasteiger partial charge in [0.05, 0.1) is 13.1 Å². The Hall–Kier alpha value is -2.78. The van der Waals surface area contributed by atoms with Crippen LogP contribution in [0.4, 0.5) is 13.2 Å². The summed E-state index contributed by atoms with van der Waals surface area (Å²) in [6.07, 6.45) is -2.80. The summed E-state index contributed by atoms with van der Waals surface area (Å²) in [6, 6.07) is 5.11. The molecule has 1 heterocycles. The fraction of sp³-hybridized carbons (Fsp3) is 0.471. The standard InChI is InChI=1S/C17H23F3N6O/c1-4-21-16(23-9-15-25-24-11-26(15)3)22-8-13-6-5-12(2)7-14(13)27-10-17(18,19)20/h5-7,11H,4,8-10H2,1-3H3,(H2,21,22,23). The van der Waals surface area contributed by atoms with Gasteiger partial charge in [-0.3, -0.25) is 0 Å². The number of nitrogens with zero attached hydrogens (tertiary/aromatic N) is 4. The predicted octanol–water partition coefficient (Wildman–Crippen LogP) is 2.32. The Morgan fingerprint density at radius 3 is 2.70 bits per heavy atom. The van der Waals surface area contributed by atoms with E-state index in [4.69, 9.17) is 4.74 Å². The first-order chi connectivity index (χ1) is 12.8. The van der Waals surface area contributed by atoms with Crippen LogP contribution in [0.1, 0.15) is 23.9 Å². The second kappa shape index (κ2) is 9.24. The van der Waals surface area contributed by atoms with Crippen molar-refractivity contribution in [3.05, 3.63) is 41.5 Å². The Labute approximate surface area is 155 Å². The number of guanidine groups is 1. The third-order valence-corrected chi connectivity index (χ3v) is 3.58. The van der Waals surface area contributed by atoms with Crippen molar-refractivity contribution in [1.82, 2.24) is 25.4 Å². The Bertz CT molecular complexity index is 772. The number of aliphatic imine (C=N–C) groups is 1. The van der Waals surface area contributed by atoms with E-state index in [1.54, 1.807) is 30.0 Å². The summed E-state index contributed by atoms with van der Waals surface area (Å²) < 4.78 is 44.1. The van der Waals surface area contributed by atoms with Gasteiger partial charge < -0.3 is 19.9 Å². The van der Waals surface area contributed by atoms with Crippen LogP contribution in [0, 0.1) is 6.92 Å². The van der Waals surface area contributed by atoms with E-state index in [0.29, 0.717) is 24.6 Å². The molecule has 27 heavy (non-hydrogen) atoms. The minimum Gasteiger partial charge on any atom is -0.484 e. The lowest BCUT2D eigenvalue weighted by Gasteiger charge is -2.14. The Morgan fingerprint density at radius 1 is 1.30 bits per heavy atom. The second-order valence-electron chi connectivity index (χ2n) is 5.92. The van der Waals surface area contributed by atoms with E-state index in [9.17, 15) is 13.2 Å². The van der Waals surface area contributed by atoms with E-state index >= 15 is 0 Å². The second-order valence-corrected chi connectivity index (χ2v) is 5.92. The van der Waals surface area contributed by atoms with Crippen molar-refractivity contribution in [3.8, 4) is 5.75 Å². The number of hydrogen-bond acceptors (Lipinski definition) is 4. The fourth-order valence-electron chi connectivity index (χ4n) is 2.22. The number of halogens is 3. The zero-order valence-corrected chi connectivity index (χ0v) is 15.5. The molecule has 0 atom stereocenters. The highest BCUT2D eigenvalue weighted by atomic mass is 19.4. The lowest BCUT2D eigenvalue weighted by Crippen LogP contribution is -2.37. The van der Waals surface area contributed by atoms with Crippen molar-refractivity contribution in [2.45, 2.75) is 33.1 Å². The summed E-state index contributed by atoms with van der Waals surface area (Å²) in [4.78, 5) is 4.42. The molecule has 2 N–H and O–H groups in total. The van der Waals surface area contributed by atoms with Gasteiger partial charge in [-0.2, -0.15) is 13.2 Å². The van der Waals surface area contributed by atoms with E-state index in [0.717, 1.165) is 11.4 Å². The molecule has 0 spiro atoms. The lowest BCUT2D eigenvalue weighted by atomic mass is 10.1. The molecule has 148 valence electrons. The van der Waals surface area contributed by atoms with Gasteiger partial charge in [0.2, 0.25) is 0 Å². The molecule has 1 aromatic heterocycles. The maximum atomic E-state index is 12.5. The van der Waals surface area contributed by atoms with E-state index in [1.165, 1.54) is 0 Å². The molecule has 7 nitrogen and oxygen atoms in total. The maximum absolute atomic E-state index is 12.5. The van der Waals surface area contributed by atoms with Gasteiger partial charge in [0.25, 0.3) is 0 Å². The van der Waals surface area contributed by atoms with Crippen LogP contribution in [0.5, 0.6) is 5.75 Å². The van der Waals surface area contributed by atoms with E-state index in [-0.39, 0.29) is 12.3 Å². The van der Waals surface area contributed by atoms with Crippen LogP contribution in [-0.2, 0) is 20.1 Å². The van der Waals surface area contributed by atoms with Gasteiger partial charge in [-0.25, -0.2) is 4.99 Å². The first-order valence-corrected chi connectivity index (χ1v) is 8.42. The smallest absolute Gasteiger partial charge is 0.422 e. The average Bonchev–Trinajstić information content (AvgIpc) is 3.01. The van der Waals surface area contributed by atoms with E-state index in [2.05, 4.69) is 25.8 Å². The molecular weight excluding hydrogens is 361 g/mol. The summed E-state index contributed by atoms with van der Waals surface area (Å²) in [5.74, 6) is 1.42. The SMILES string of the molecule is CCNC(=NCc1ccc(C)cc1OCC(F)(F)F)NCc1nncn1C. The monoisotopic (exact) mass is 384 g/mol. The van der Waals surface area contributed by atoms with Crippen LogP contribution in [0.15, 0.2) is 29.5 Å². The minimum absolute atomic E-state index is 0.168. The molecule has 0 aliphatic heterocycles. The van der Waals surface area contributed by atoms with Gasteiger partial charge in [-0.15, -0.1) is 10.2 Å². The van der Waals surface area contributed by atoms with Crippen LogP contribution in [0.3, 0.4) is 0 Å². The van der Waals surface area contributed by atoms with Crippen molar-refractivity contribution in [2.24, 2.45) is 12.0 Å². The third-order valence-electron chi connectivity index (χ3n) is 3.58. The third kappa shape index (κ3) is 6.80. The molecule has 0 aliphatic carbocycles. The van der Waals surface area contributed by atoms with Crippen LogP contribution in [-0.4, -0.2) is 40.1 Å². The summed E-state index contributed by atoms with van der Waals surface area (Å²) in [6.45, 7) is 3.59. The zero-order valence-electron chi connectivity index (χ0n) is 15.5. The van der Waals surface area contributed by atoms with Gasteiger partial charge in [0.15, 0.2) is 18.4 Å². The molecule has 0 fully saturated rings. The molecule has 0 bridgehead atoms. The number of alkyl halides is 3. The topological polar surface area (TPSA) is 76.4 Å². The number of aryl methyl sites for hydroxylation is 2. The number of hydrogen-bond donors (Lipinski definition) is 2. The molecule has 10 heteroatoms. The largest absolute Gasteiger partial charge is 0.484 e. The normalized spacial score (nSPS) is 12.1. The average molecular weight is 384 g/mol. The highest BCUT2D eigenvalue weighted by Crippen LogP contribution is 2.24. The van der Waals surface area contributed by atoms with E-state index < -0.39 is 12.8 Å². The Kier molecular flexibility index (Phi) is 7.03. The first-order valence-electron chi connectivity index (χ1n) is 8.42. The number of aromatic nitrogens is 3. The predicted molar refractivity (Wildman–Crippen MR) is 95.4 cm³/mol. The van der Waals surface area contributed by atoms with Crippen molar-refractivity contribution >= 4 is 5.96 Å². The lowest BCUT2D eigenvalue weighted by molar-refractivity contribution is -0.153. The first kappa shape index (κ1) is 20.5. The van der Waals surface area contributed by atoms with Crippen LogP contribution in [0.25, 0.3) is 0 Å². The summed E-state index contributed by atoms with van der Waals surface area (Å²) >= 11 is 0. The molecule has 1 aromatic carbocycles. The number of nitrogens with one attached hydrogen (secondary N) is 2. The number of ether oxygens (including phenoxy) is 1. The van der Waals surface area contributed by atoms with Crippen molar-refractivity contribution in [3.63, 3.8) is 0 Å². The van der Waals surface area contributed by atoms with Gasteiger partial charge >= 0.3 is 6.18 Å². The van der Waals surface area contributed by atoms with Gasteiger partial charge in [-0.1, -0.05) is 12.1 Å². The van der Waals surface area contributed by atoms with Crippen LogP contribution < -0.4 is 15.4 Å². The fourth-order valence-corrected chi connectivity index (χ4v) is 2.22. The highest BCUT2D eigenvalue weighted by Gasteiger charge is 2.28. The van der Waals surface area contributed by atoms with Crippen molar-refractivity contribution < 1.29 is 17.9 Å². The van der Waals surface area contributed by atoms with Crippen molar-refractivity contribution in [1.29, 1.82) is 0 Å². The highest BCUT2D eigenvalue weighted by molar-refractivity contribution is 5.79. The van der Waals surface area contributed by atoms with Gasteiger partial charge in [0, 0.05) is 19.2 Å². The molecule has 0 saturated carbocycles. The van der Waals surface area contributed by atoms with Gasteiger partial charge in [0.1, 0.15) is 12.1 Å². The van der Waals surface area contributed by atoms with Crippen LogP contribution in [0.2, 0.25) is 0 Å². The van der Waals surface area contributed by atoms with Crippen LogP contribution >= 0.6 is 0 Å². The number of benzene rings is 1. The summed E-state index contributed by atoms with van der Waals surface area (Å²) in [7, 11) is 1.83. The van der Waals surface area contributed by atoms with Crippen molar-refractivity contribution in [2.75, 3.05) is 13.2 Å². The molecule has 0 radical (unpaired) electrons. The molecule has 0 unspecified atom stereocenters. The van der Waals surface area contributed by atoms with Gasteiger partial charge in [-0.05, 0) is 25.5 Å². The molecule has 2 aromatic rings. The maximum Gasteiger partial charge on any atom is 0.422 e. The zero-order chi connectivity index (χ0) is 19.9. The summed E-state index contributed by atoms with van der Waals surface area (Å²) in [5.41, 5.74) is 1.38. The molecular formula is C17H23F3N6O. The quantitative estimate of drug-likeness (QED) is 0.566. The Balaban J connectivity index is 2.08. The molecule has 0 amide bonds. The molecule has 2 rings (SSSR count). The van der Waals surface area contributed by atoms with E-state index in [1.807, 2.05) is 20.0 Å². The number of rotatable bonds is 7. The minimum atomic E-state index is -4.39. The Morgan fingerprint density at radius 2 is 2.07 bits per heavy atom.